The van der Waals surface area contributed by atoms with E-state index in [0.717, 1.165) is 0 Å². The van der Waals surface area contributed by atoms with E-state index in [1.807, 2.05) is 0 Å². The summed E-state index contributed by atoms with van der Waals surface area (Å²) in [4.78, 5) is 3.73. The van der Waals surface area contributed by atoms with Gasteiger partial charge in [0.25, 0.3) is 0 Å². The highest BCUT2D eigenvalue weighted by Gasteiger charge is 2.04. The molecule has 1 heterocycles. The maximum atomic E-state index is 9.15. The first kappa shape index (κ1) is 11.2. The minimum atomic E-state index is -0.241. The molecule has 0 amide bonds. The molecule has 1 aromatic heterocycles. The minimum absolute atomic E-state index is 0. The van der Waals surface area contributed by atoms with Crippen molar-refractivity contribution in [2.45, 2.75) is 0 Å². The van der Waals surface area contributed by atoms with Gasteiger partial charge in [-0.25, -0.2) is 4.98 Å². The van der Waals surface area contributed by atoms with Gasteiger partial charge in [0.1, 0.15) is 17.3 Å². The van der Waals surface area contributed by atoms with Crippen molar-refractivity contribution in [2.75, 3.05) is 0 Å². The normalized spacial score (nSPS) is 8.75. The van der Waals surface area contributed by atoms with Crippen LogP contribution in [0.2, 0.25) is 0 Å². The topological polar surface area (TPSA) is 83.0 Å². The molecule has 0 aliphatic rings. The third-order valence-electron chi connectivity index (χ3n) is 1.09. The molecular weight excluding hydrogens is 245 g/mol. The second-order valence-corrected chi connectivity index (χ2v) is 2.85. The zero-order chi connectivity index (χ0) is 8.43. The molecule has 0 radical (unpaired) electrons. The highest BCUT2D eigenvalue weighted by Crippen LogP contribution is 2.18. The molecule has 0 aromatic carbocycles. The van der Waals surface area contributed by atoms with Crippen molar-refractivity contribution in [3.8, 4) is 5.75 Å². The molecule has 12 heavy (non-hydrogen) atoms. The van der Waals surface area contributed by atoms with Gasteiger partial charge < -0.3 is 10.8 Å². The Morgan fingerprint density at radius 1 is 1.67 bits per heavy atom. The van der Waals surface area contributed by atoms with Crippen LogP contribution >= 0.6 is 28.3 Å². The number of pyridine rings is 1. The van der Waals surface area contributed by atoms with Crippen molar-refractivity contribution < 1.29 is 5.11 Å². The summed E-state index contributed by atoms with van der Waals surface area (Å²) in [5, 5.41) is 16.1. The van der Waals surface area contributed by atoms with Crippen molar-refractivity contribution >= 4 is 34.2 Å². The predicted octanol–water partition coefficient (Wildman–Crippen LogP) is 1.26. The number of rotatable bonds is 1. The van der Waals surface area contributed by atoms with Gasteiger partial charge in [-0.15, -0.1) is 12.4 Å². The molecule has 0 fully saturated rings. The first-order valence-electron chi connectivity index (χ1n) is 2.80. The third kappa shape index (κ3) is 2.35. The van der Waals surface area contributed by atoms with Crippen molar-refractivity contribution in [1.82, 2.24) is 4.98 Å². The second kappa shape index (κ2) is 4.27. The van der Waals surface area contributed by atoms with Gasteiger partial charge in [-0.2, -0.15) is 0 Å². The average molecular weight is 252 g/mol. The van der Waals surface area contributed by atoms with Crippen LogP contribution in [0.25, 0.3) is 0 Å². The van der Waals surface area contributed by atoms with E-state index in [4.69, 9.17) is 16.2 Å². The Labute approximate surface area is 83.9 Å². The standard InChI is InChI=1S/C6H6BrN3O.ClH/c7-3-1-4(11)5(6(8)9)10-2-3;/h1-2,11H,(H3,8,9);1H. The lowest BCUT2D eigenvalue weighted by molar-refractivity contribution is 0.470. The lowest BCUT2D eigenvalue weighted by Gasteiger charge is -1.99. The summed E-state index contributed by atoms with van der Waals surface area (Å²) in [5.41, 5.74) is 5.21. The van der Waals surface area contributed by atoms with Crippen LogP contribution in [-0.2, 0) is 0 Å². The van der Waals surface area contributed by atoms with E-state index < -0.39 is 0 Å². The fraction of sp³-hybridized carbons (Fsp3) is 0. The number of hydrogen-bond acceptors (Lipinski definition) is 3. The summed E-state index contributed by atoms with van der Waals surface area (Å²) in [5.74, 6) is -0.332. The molecule has 1 rings (SSSR count). The summed E-state index contributed by atoms with van der Waals surface area (Å²) in [6.07, 6.45) is 1.47. The molecule has 0 aliphatic carbocycles. The van der Waals surface area contributed by atoms with Gasteiger partial charge in [0.05, 0.1) is 0 Å². The van der Waals surface area contributed by atoms with Crippen LogP contribution in [0.4, 0.5) is 0 Å². The smallest absolute Gasteiger partial charge is 0.146 e. The van der Waals surface area contributed by atoms with Gasteiger partial charge in [-0.05, 0) is 22.0 Å². The van der Waals surface area contributed by atoms with E-state index in [1.165, 1.54) is 12.3 Å². The number of nitrogens with zero attached hydrogens (tertiary/aromatic N) is 1. The molecule has 0 unspecified atom stereocenters. The van der Waals surface area contributed by atoms with Gasteiger partial charge >= 0.3 is 0 Å². The Morgan fingerprint density at radius 2 is 2.25 bits per heavy atom. The number of hydrogen-bond donors (Lipinski definition) is 3. The molecular formula is C6H7BrClN3O. The lowest BCUT2D eigenvalue weighted by Crippen LogP contribution is -2.12. The number of nitrogen functional groups attached to an aromatic ring is 1. The fourth-order valence-corrected chi connectivity index (χ4v) is 0.955. The van der Waals surface area contributed by atoms with Crippen LogP contribution in [0.3, 0.4) is 0 Å². The number of aromatic hydroxyl groups is 1. The molecule has 1 aromatic rings. The van der Waals surface area contributed by atoms with Crippen molar-refractivity contribution in [1.29, 1.82) is 5.41 Å². The molecule has 0 bridgehead atoms. The molecule has 0 atom stereocenters. The van der Waals surface area contributed by atoms with Gasteiger partial charge in [0.2, 0.25) is 0 Å². The Hall–Kier alpha value is -0.810. The van der Waals surface area contributed by atoms with Gasteiger partial charge in [0, 0.05) is 10.7 Å². The molecule has 4 nitrogen and oxygen atoms in total. The monoisotopic (exact) mass is 251 g/mol. The predicted molar refractivity (Wildman–Crippen MR) is 51.9 cm³/mol. The van der Waals surface area contributed by atoms with Gasteiger partial charge in [0.15, 0.2) is 0 Å². The summed E-state index contributed by atoms with van der Waals surface area (Å²) in [6, 6.07) is 1.43. The number of nitrogens with two attached hydrogens (primary N) is 1. The maximum absolute atomic E-state index is 9.15. The van der Waals surface area contributed by atoms with E-state index in [1.54, 1.807) is 0 Å². The van der Waals surface area contributed by atoms with Crippen LogP contribution in [0.15, 0.2) is 16.7 Å². The van der Waals surface area contributed by atoms with E-state index >= 15 is 0 Å². The number of nitrogens with one attached hydrogen (secondary N) is 1. The SMILES string of the molecule is Cl.N=C(N)c1ncc(Br)cc1O. The van der Waals surface area contributed by atoms with E-state index in [-0.39, 0.29) is 29.7 Å². The van der Waals surface area contributed by atoms with Crippen molar-refractivity contribution in [2.24, 2.45) is 5.73 Å². The number of aromatic nitrogens is 1. The van der Waals surface area contributed by atoms with Crippen LogP contribution in [0, 0.1) is 5.41 Å². The van der Waals surface area contributed by atoms with Crippen LogP contribution in [0.5, 0.6) is 5.75 Å². The summed E-state index contributed by atoms with van der Waals surface area (Å²) in [7, 11) is 0. The quantitative estimate of drug-likeness (QED) is 0.520. The first-order valence-corrected chi connectivity index (χ1v) is 3.59. The number of amidine groups is 1. The summed E-state index contributed by atoms with van der Waals surface area (Å²) in [6.45, 7) is 0. The van der Waals surface area contributed by atoms with Crippen LogP contribution < -0.4 is 5.73 Å². The second-order valence-electron chi connectivity index (χ2n) is 1.93. The highest BCUT2D eigenvalue weighted by atomic mass is 79.9. The zero-order valence-corrected chi connectivity index (χ0v) is 8.32. The zero-order valence-electron chi connectivity index (χ0n) is 5.91. The Morgan fingerprint density at radius 3 is 2.67 bits per heavy atom. The van der Waals surface area contributed by atoms with Crippen molar-refractivity contribution in [3.05, 3.63) is 22.4 Å². The summed E-state index contributed by atoms with van der Waals surface area (Å²) < 4.78 is 0.653. The molecule has 6 heteroatoms. The first-order chi connectivity index (χ1) is 5.11. The molecule has 4 N–H and O–H groups in total. The molecule has 66 valence electrons. The summed E-state index contributed by atoms with van der Waals surface area (Å²) >= 11 is 3.11. The Kier molecular flexibility index (Phi) is 3.99. The van der Waals surface area contributed by atoms with E-state index in [9.17, 15) is 0 Å². The van der Waals surface area contributed by atoms with Crippen molar-refractivity contribution in [3.63, 3.8) is 0 Å². The molecule has 0 aliphatic heterocycles. The average Bonchev–Trinajstić information content (AvgIpc) is 1.85. The molecule has 0 saturated heterocycles. The highest BCUT2D eigenvalue weighted by molar-refractivity contribution is 9.10. The third-order valence-corrected chi connectivity index (χ3v) is 1.52. The molecule has 0 saturated carbocycles. The lowest BCUT2D eigenvalue weighted by atomic mass is 10.3. The fourth-order valence-electron chi connectivity index (χ4n) is 0.636. The molecule has 0 spiro atoms. The number of halogens is 2. The van der Waals surface area contributed by atoms with Gasteiger partial charge in [-0.1, -0.05) is 0 Å². The van der Waals surface area contributed by atoms with Crippen LogP contribution in [0.1, 0.15) is 5.69 Å². The van der Waals surface area contributed by atoms with Crippen LogP contribution in [-0.4, -0.2) is 15.9 Å². The Bertz CT molecular complexity index is 305. The minimum Gasteiger partial charge on any atom is -0.505 e. The maximum Gasteiger partial charge on any atom is 0.146 e. The van der Waals surface area contributed by atoms with Gasteiger partial charge in [-0.3, -0.25) is 5.41 Å². The Balaban J connectivity index is 0.00000121. The largest absolute Gasteiger partial charge is 0.505 e. The van der Waals surface area contributed by atoms with E-state index in [2.05, 4.69) is 20.9 Å². The van der Waals surface area contributed by atoms with E-state index in [0.29, 0.717) is 4.47 Å².